The van der Waals surface area contributed by atoms with E-state index in [1.807, 2.05) is 0 Å². The zero-order valence-corrected chi connectivity index (χ0v) is 15.0. The zero-order chi connectivity index (χ0) is 22.0. The average Bonchev–Trinajstić information content (AvgIpc) is 2.59. The molecule has 0 aliphatic heterocycles. The Kier molecular flexibility index (Phi) is 10.0. The molecule has 1 atom stereocenters. The summed E-state index contributed by atoms with van der Waals surface area (Å²) in [6, 6.07) is 6.16. The van der Waals surface area contributed by atoms with E-state index in [0.717, 1.165) is 5.56 Å². The van der Waals surface area contributed by atoms with Crippen molar-refractivity contribution in [3.63, 3.8) is 0 Å². The number of hydrogen-bond acceptors (Lipinski definition) is 2. The molecule has 1 rings (SSSR count). The fourth-order valence-electron chi connectivity index (χ4n) is 1.67. The van der Waals surface area contributed by atoms with Crippen LogP contribution in [0.4, 0.5) is 26.3 Å². The van der Waals surface area contributed by atoms with Gasteiger partial charge in [0.1, 0.15) is 0 Å². The Morgan fingerprint density at radius 2 is 1.50 bits per heavy atom. The van der Waals surface area contributed by atoms with Crippen LogP contribution in [-0.4, -0.2) is 30.2 Å². The number of carbonyl (C=O) groups excluding carboxylic acids is 2. The molecule has 10 heteroatoms. The normalized spacial score (nSPS) is 12.1. The fourth-order valence-corrected chi connectivity index (χ4v) is 1.67. The highest BCUT2D eigenvalue weighted by Gasteiger charge is 2.39. The van der Waals surface area contributed by atoms with Crippen molar-refractivity contribution >= 4 is 17.9 Å². The number of halogens is 6. The number of amides is 2. The van der Waals surface area contributed by atoms with E-state index in [2.05, 4.69) is 13.2 Å². The molecule has 156 valence electrons. The van der Waals surface area contributed by atoms with Crippen LogP contribution in [0.5, 0.6) is 0 Å². The summed E-state index contributed by atoms with van der Waals surface area (Å²) in [4.78, 5) is 20.8. The monoisotopic (exact) mass is 410 g/mol. The molecule has 0 saturated heterocycles. The molecule has 1 aromatic rings. The third-order valence-corrected chi connectivity index (χ3v) is 3.08. The van der Waals surface area contributed by atoms with Crippen molar-refractivity contribution in [1.29, 1.82) is 0 Å². The smallest absolute Gasteiger partial charge is 0.346 e. The molecule has 0 radical (unpaired) electrons. The molecular formula is C18H20F6N2O2. The summed E-state index contributed by atoms with van der Waals surface area (Å²) in [6.45, 7) is 8.22. The second kappa shape index (κ2) is 11.2. The summed E-state index contributed by atoms with van der Waals surface area (Å²) in [5, 5.41) is 3.57. The molecule has 0 aromatic heterocycles. The van der Waals surface area contributed by atoms with Crippen molar-refractivity contribution in [3.05, 3.63) is 54.6 Å². The second-order valence-corrected chi connectivity index (χ2v) is 5.52. The summed E-state index contributed by atoms with van der Waals surface area (Å²) in [5.41, 5.74) is 1.47. The minimum Gasteiger partial charge on any atom is -0.346 e. The van der Waals surface area contributed by atoms with E-state index >= 15 is 0 Å². The van der Waals surface area contributed by atoms with Gasteiger partial charge < -0.3 is 10.6 Å². The Hall–Kier alpha value is -2.78. The topological polar surface area (TPSA) is 58.2 Å². The van der Waals surface area contributed by atoms with Gasteiger partial charge in [0.15, 0.2) is 0 Å². The molecule has 0 bridgehead atoms. The lowest BCUT2D eigenvalue weighted by Crippen LogP contribution is -2.41. The number of benzene rings is 1. The van der Waals surface area contributed by atoms with Crippen LogP contribution in [0.3, 0.4) is 0 Å². The van der Waals surface area contributed by atoms with Crippen molar-refractivity contribution in [2.75, 3.05) is 0 Å². The van der Waals surface area contributed by atoms with E-state index in [0.29, 0.717) is 12.0 Å². The van der Waals surface area contributed by atoms with Crippen molar-refractivity contribution in [1.82, 2.24) is 10.6 Å². The maximum Gasteiger partial charge on any atom is 0.471 e. The molecule has 1 aromatic carbocycles. The summed E-state index contributed by atoms with van der Waals surface area (Å²) in [6.07, 6.45) is -6.24. The maximum atomic E-state index is 11.8. The molecular weight excluding hydrogens is 390 g/mol. The molecule has 0 spiro atoms. The molecule has 0 aliphatic carbocycles. The Morgan fingerprint density at radius 1 is 1.00 bits per heavy atom. The van der Waals surface area contributed by atoms with Gasteiger partial charge in [-0.3, -0.25) is 9.59 Å². The summed E-state index contributed by atoms with van der Waals surface area (Å²) in [5.74, 6) is -3.84. The van der Waals surface area contributed by atoms with Crippen molar-refractivity contribution in [3.8, 4) is 0 Å². The lowest BCUT2D eigenvalue weighted by molar-refractivity contribution is -0.174. The van der Waals surface area contributed by atoms with Gasteiger partial charge in [-0.05, 0) is 24.5 Å². The van der Waals surface area contributed by atoms with Gasteiger partial charge in [-0.25, -0.2) is 0 Å². The number of carbonyl (C=O) groups is 2. The van der Waals surface area contributed by atoms with Crippen LogP contribution >= 0.6 is 0 Å². The lowest BCUT2D eigenvalue weighted by atomic mass is 10.1. The Labute approximate surface area is 158 Å². The van der Waals surface area contributed by atoms with Crippen LogP contribution in [0.1, 0.15) is 24.5 Å². The Balaban J connectivity index is 0.000000546. The molecule has 1 unspecified atom stereocenters. The van der Waals surface area contributed by atoms with Crippen LogP contribution in [0.25, 0.3) is 6.08 Å². The zero-order valence-electron chi connectivity index (χ0n) is 15.0. The van der Waals surface area contributed by atoms with Gasteiger partial charge in [0, 0.05) is 12.6 Å². The number of rotatable bonds is 6. The van der Waals surface area contributed by atoms with Crippen LogP contribution in [0, 0.1) is 0 Å². The molecule has 4 nitrogen and oxygen atoms in total. The van der Waals surface area contributed by atoms with Gasteiger partial charge >= 0.3 is 24.2 Å². The van der Waals surface area contributed by atoms with Gasteiger partial charge in [0.05, 0.1) is 0 Å². The maximum absolute atomic E-state index is 11.8. The molecule has 2 amide bonds. The predicted octanol–water partition coefficient (Wildman–Crippen LogP) is 4.14. The van der Waals surface area contributed by atoms with Crippen LogP contribution in [0.2, 0.25) is 0 Å². The molecule has 0 saturated carbocycles. The van der Waals surface area contributed by atoms with E-state index in [1.165, 1.54) is 13.0 Å². The van der Waals surface area contributed by atoms with E-state index < -0.39 is 30.2 Å². The summed E-state index contributed by atoms with van der Waals surface area (Å²) < 4.78 is 70.4. The van der Waals surface area contributed by atoms with Crippen LogP contribution in [0.15, 0.2) is 43.5 Å². The van der Waals surface area contributed by atoms with Crippen LogP contribution < -0.4 is 10.6 Å². The van der Waals surface area contributed by atoms with Crippen molar-refractivity contribution in [2.24, 2.45) is 0 Å². The van der Waals surface area contributed by atoms with Gasteiger partial charge in [0.2, 0.25) is 0 Å². The summed E-state index contributed by atoms with van der Waals surface area (Å²) >= 11 is 0. The van der Waals surface area contributed by atoms with E-state index in [9.17, 15) is 35.9 Å². The SMILES string of the molecule is C=CCC(C)NC(=O)C(F)(F)F.C=Cc1ccc(CNC(=O)C(F)(F)F)cc1. The minimum atomic E-state index is -4.83. The van der Waals surface area contributed by atoms with Gasteiger partial charge in [0.25, 0.3) is 0 Å². The molecule has 0 fully saturated rings. The highest BCUT2D eigenvalue weighted by atomic mass is 19.4. The summed E-state index contributed by atoms with van der Waals surface area (Å²) in [7, 11) is 0. The van der Waals surface area contributed by atoms with Gasteiger partial charge in [-0.15, -0.1) is 6.58 Å². The Bertz CT molecular complexity index is 666. The van der Waals surface area contributed by atoms with Crippen molar-refractivity contribution in [2.45, 2.75) is 38.3 Å². The van der Waals surface area contributed by atoms with Crippen LogP contribution in [-0.2, 0) is 16.1 Å². The molecule has 28 heavy (non-hydrogen) atoms. The first-order valence-electron chi connectivity index (χ1n) is 7.86. The largest absolute Gasteiger partial charge is 0.471 e. The second-order valence-electron chi connectivity index (χ2n) is 5.52. The van der Waals surface area contributed by atoms with E-state index in [4.69, 9.17) is 0 Å². The number of hydrogen-bond donors (Lipinski definition) is 2. The highest BCUT2D eigenvalue weighted by Crippen LogP contribution is 2.15. The quantitative estimate of drug-likeness (QED) is 0.547. The first-order valence-corrected chi connectivity index (χ1v) is 7.86. The minimum absolute atomic E-state index is 0.143. The highest BCUT2D eigenvalue weighted by molar-refractivity contribution is 5.82. The lowest BCUT2D eigenvalue weighted by Gasteiger charge is -2.12. The van der Waals surface area contributed by atoms with Crippen molar-refractivity contribution < 1.29 is 35.9 Å². The molecule has 2 N–H and O–H groups in total. The third kappa shape index (κ3) is 10.4. The van der Waals surface area contributed by atoms with E-state index in [1.54, 1.807) is 41.0 Å². The van der Waals surface area contributed by atoms with Gasteiger partial charge in [-0.2, -0.15) is 26.3 Å². The number of nitrogens with one attached hydrogen (secondary N) is 2. The first-order chi connectivity index (χ1) is 12.8. The predicted molar refractivity (Wildman–Crippen MR) is 92.9 cm³/mol. The number of alkyl halides is 6. The standard InChI is InChI=1S/C11H10F3NO.C7H10F3NO/c1-2-8-3-5-9(6-4-8)7-15-10(16)11(12,13)14;1-3-4-5(2)11-6(12)7(8,9)10/h2-6H,1,7H2,(H,15,16);3,5H,1,4H2,2H3,(H,11,12). The third-order valence-electron chi connectivity index (χ3n) is 3.08. The first kappa shape index (κ1) is 25.2. The Morgan fingerprint density at radius 3 is 1.89 bits per heavy atom. The fraction of sp³-hybridized carbons (Fsp3) is 0.333. The molecule has 0 aliphatic rings. The van der Waals surface area contributed by atoms with E-state index in [-0.39, 0.29) is 6.54 Å². The molecule has 0 heterocycles. The van der Waals surface area contributed by atoms with Gasteiger partial charge in [-0.1, -0.05) is 43.0 Å². The average molecular weight is 410 g/mol.